The van der Waals surface area contributed by atoms with Crippen LogP contribution in [0, 0.1) is 0 Å². The Balaban J connectivity index is 1.75. The first kappa shape index (κ1) is 12.5. The average Bonchev–Trinajstić information content (AvgIpc) is 3.01. The van der Waals surface area contributed by atoms with Gasteiger partial charge in [0.15, 0.2) is 22.4 Å². The van der Waals surface area contributed by atoms with Gasteiger partial charge < -0.3 is 14.2 Å². The highest BCUT2D eigenvalue weighted by Crippen LogP contribution is 2.41. The molecule has 2 fully saturated rings. The van der Waals surface area contributed by atoms with Crippen molar-refractivity contribution in [2.45, 2.75) is 37.9 Å². The molecule has 2 aliphatic heterocycles. The van der Waals surface area contributed by atoms with Crippen molar-refractivity contribution in [1.82, 2.24) is 19.6 Å². The van der Waals surface area contributed by atoms with Crippen LogP contribution in [-0.2, 0) is 14.2 Å². The molecule has 0 radical (unpaired) electrons. The highest BCUT2D eigenvalue weighted by molar-refractivity contribution is 6.32. The van der Waals surface area contributed by atoms with Crippen LogP contribution in [-0.4, -0.2) is 44.2 Å². The van der Waals surface area contributed by atoms with Gasteiger partial charge in [-0.1, -0.05) is 11.6 Å². The van der Waals surface area contributed by atoms with Crippen LogP contribution in [0.25, 0.3) is 5.65 Å². The number of nitrogens with zero attached hydrogens (tertiary/aromatic N) is 4. The van der Waals surface area contributed by atoms with Crippen LogP contribution in [0.15, 0.2) is 12.4 Å². The van der Waals surface area contributed by atoms with E-state index in [0.29, 0.717) is 23.2 Å². The summed E-state index contributed by atoms with van der Waals surface area (Å²) in [4.78, 5) is 3.98. The second-order valence-electron chi connectivity index (χ2n) is 5.36. The number of fused-ring (bicyclic) bond motifs is 2. The molecule has 0 spiro atoms. The van der Waals surface area contributed by atoms with Gasteiger partial charge in [0.25, 0.3) is 0 Å². The lowest BCUT2D eigenvalue weighted by Gasteiger charge is -2.20. The van der Waals surface area contributed by atoms with Gasteiger partial charge in [0.1, 0.15) is 18.3 Å². The fourth-order valence-corrected chi connectivity index (χ4v) is 2.96. The Labute approximate surface area is 119 Å². The minimum atomic E-state index is -0.600. The van der Waals surface area contributed by atoms with E-state index >= 15 is 0 Å². The number of hydrogen-bond acceptors (Lipinski definition) is 6. The van der Waals surface area contributed by atoms with Crippen molar-refractivity contribution in [3.8, 4) is 0 Å². The molecule has 0 aliphatic carbocycles. The Hall–Kier alpha value is -1.28. The zero-order chi connectivity index (χ0) is 13.9. The molecule has 0 N–H and O–H groups in total. The van der Waals surface area contributed by atoms with Gasteiger partial charge in [-0.15, -0.1) is 10.2 Å². The molecular formula is C12H13ClN4O3. The van der Waals surface area contributed by atoms with E-state index in [9.17, 15) is 0 Å². The molecule has 106 valence electrons. The molecule has 0 amide bonds. The molecule has 0 bridgehead atoms. The third kappa shape index (κ3) is 1.74. The van der Waals surface area contributed by atoms with E-state index in [1.165, 1.54) is 0 Å². The first-order valence-electron chi connectivity index (χ1n) is 6.37. The minimum Gasteiger partial charge on any atom is -0.365 e. The van der Waals surface area contributed by atoms with Gasteiger partial charge in [-0.3, -0.25) is 4.40 Å². The standard InChI is InChI=1S/C12H13ClN4O3/c1-12(2)19-6-5-18-8(7(6)20-12)10-15-16-11-9(13)14-3-4-17(10)11/h3-4,6-8H,5H2,1-2H3/t6?,7-,8+/m0/s1. The number of rotatable bonds is 1. The van der Waals surface area contributed by atoms with Crippen LogP contribution in [0.3, 0.4) is 0 Å². The van der Waals surface area contributed by atoms with Crippen LogP contribution in [0.5, 0.6) is 0 Å². The maximum Gasteiger partial charge on any atom is 0.198 e. The van der Waals surface area contributed by atoms with Crippen LogP contribution in [0.4, 0.5) is 0 Å². The van der Waals surface area contributed by atoms with E-state index in [1.807, 2.05) is 13.8 Å². The Kier molecular flexibility index (Phi) is 2.56. The van der Waals surface area contributed by atoms with E-state index in [2.05, 4.69) is 15.2 Å². The van der Waals surface area contributed by atoms with Crippen molar-refractivity contribution < 1.29 is 14.2 Å². The maximum absolute atomic E-state index is 6.00. The van der Waals surface area contributed by atoms with E-state index in [1.54, 1.807) is 16.8 Å². The topological polar surface area (TPSA) is 70.8 Å². The van der Waals surface area contributed by atoms with Gasteiger partial charge in [-0.2, -0.15) is 0 Å². The first-order valence-corrected chi connectivity index (χ1v) is 6.75. The molecule has 20 heavy (non-hydrogen) atoms. The normalized spacial score (nSPS) is 31.9. The van der Waals surface area contributed by atoms with E-state index < -0.39 is 5.79 Å². The van der Waals surface area contributed by atoms with Crippen molar-refractivity contribution in [3.63, 3.8) is 0 Å². The Morgan fingerprint density at radius 2 is 2.20 bits per heavy atom. The summed E-state index contributed by atoms with van der Waals surface area (Å²) in [6.07, 6.45) is 2.76. The van der Waals surface area contributed by atoms with Crippen molar-refractivity contribution in [2.75, 3.05) is 6.61 Å². The van der Waals surface area contributed by atoms with Crippen molar-refractivity contribution in [3.05, 3.63) is 23.4 Å². The van der Waals surface area contributed by atoms with Gasteiger partial charge in [0, 0.05) is 12.4 Å². The van der Waals surface area contributed by atoms with Crippen LogP contribution < -0.4 is 0 Å². The molecule has 0 aromatic carbocycles. The molecule has 8 heteroatoms. The number of halogens is 1. The van der Waals surface area contributed by atoms with E-state index in [-0.39, 0.29) is 18.3 Å². The van der Waals surface area contributed by atoms with Gasteiger partial charge in [-0.25, -0.2) is 4.98 Å². The van der Waals surface area contributed by atoms with E-state index in [0.717, 1.165) is 0 Å². The Bertz CT molecular complexity index is 674. The highest BCUT2D eigenvalue weighted by Gasteiger charge is 2.52. The summed E-state index contributed by atoms with van der Waals surface area (Å²) in [6.45, 7) is 4.27. The molecule has 2 saturated heterocycles. The van der Waals surface area contributed by atoms with Gasteiger partial charge in [0.05, 0.1) is 6.61 Å². The van der Waals surface area contributed by atoms with Crippen LogP contribution in [0.1, 0.15) is 25.8 Å². The summed E-state index contributed by atoms with van der Waals surface area (Å²) in [5.74, 6) is 0.0509. The summed E-state index contributed by atoms with van der Waals surface area (Å²) in [7, 11) is 0. The van der Waals surface area contributed by atoms with Gasteiger partial charge in [0.2, 0.25) is 0 Å². The molecule has 2 aromatic rings. The summed E-state index contributed by atoms with van der Waals surface area (Å²) in [5, 5.41) is 8.54. The summed E-state index contributed by atoms with van der Waals surface area (Å²) < 4.78 is 19.2. The zero-order valence-electron chi connectivity index (χ0n) is 11.0. The minimum absolute atomic E-state index is 0.0836. The maximum atomic E-state index is 6.00. The first-order chi connectivity index (χ1) is 9.55. The molecule has 2 aromatic heterocycles. The second kappa shape index (κ2) is 4.11. The molecule has 3 atom stereocenters. The van der Waals surface area contributed by atoms with Gasteiger partial charge >= 0.3 is 0 Å². The molecule has 2 aliphatic rings. The zero-order valence-corrected chi connectivity index (χ0v) is 11.7. The fraction of sp³-hybridized carbons (Fsp3) is 0.583. The third-order valence-electron chi connectivity index (χ3n) is 3.52. The molecule has 4 heterocycles. The smallest absolute Gasteiger partial charge is 0.198 e. The summed E-state index contributed by atoms with van der Waals surface area (Å²) >= 11 is 6.00. The van der Waals surface area contributed by atoms with Crippen LogP contribution >= 0.6 is 11.6 Å². The predicted octanol–water partition coefficient (Wildman–Crippen LogP) is 1.37. The second-order valence-corrected chi connectivity index (χ2v) is 5.72. The molecule has 0 saturated carbocycles. The van der Waals surface area contributed by atoms with Crippen molar-refractivity contribution in [2.24, 2.45) is 0 Å². The molecule has 7 nitrogen and oxygen atoms in total. The lowest BCUT2D eigenvalue weighted by atomic mass is 10.1. The number of ether oxygens (including phenoxy) is 3. The lowest BCUT2D eigenvalue weighted by Crippen LogP contribution is -2.25. The largest absolute Gasteiger partial charge is 0.365 e. The third-order valence-corrected chi connectivity index (χ3v) is 3.79. The average molecular weight is 297 g/mol. The summed E-state index contributed by atoms with van der Waals surface area (Å²) in [5.41, 5.74) is 0.509. The SMILES string of the molecule is CC1(C)OC2CO[C@@H](c3nnc4c(Cl)nccn34)[C@H]2O1. The van der Waals surface area contributed by atoms with Crippen molar-refractivity contribution in [1.29, 1.82) is 0 Å². The number of aromatic nitrogens is 4. The predicted molar refractivity (Wildman–Crippen MR) is 68.3 cm³/mol. The molecule has 4 rings (SSSR count). The van der Waals surface area contributed by atoms with Crippen molar-refractivity contribution >= 4 is 17.2 Å². The Morgan fingerprint density at radius 1 is 1.35 bits per heavy atom. The van der Waals surface area contributed by atoms with Gasteiger partial charge in [-0.05, 0) is 13.8 Å². The summed E-state index contributed by atoms with van der Waals surface area (Å²) in [6, 6.07) is 0. The Morgan fingerprint density at radius 3 is 3.05 bits per heavy atom. The lowest BCUT2D eigenvalue weighted by molar-refractivity contribution is -0.176. The molecule has 1 unspecified atom stereocenters. The molecular weight excluding hydrogens is 284 g/mol. The fourth-order valence-electron chi connectivity index (χ4n) is 2.77. The number of hydrogen-bond donors (Lipinski definition) is 0. The van der Waals surface area contributed by atoms with E-state index in [4.69, 9.17) is 25.8 Å². The van der Waals surface area contributed by atoms with Crippen LogP contribution in [0.2, 0.25) is 5.15 Å². The monoisotopic (exact) mass is 296 g/mol. The quantitative estimate of drug-likeness (QED) is 0.791. The highest BCUT2D eigenvalue weighted by atomic mass is 35.5.